The molecule has 7 rings (SSSR count). The lowest BCUT2D eigenvalue weighted by molar-refractivity contribution is 1.30. The lowest BCUT2D eigenvalue weighted by Gasteiger charge is -2.30. The van der Waals surface area contributed by atoms with Gasteiger partial charge in [-0.2, -0.15) is 0 Å². The molecule has 0 radical (unpaired) electrons. The van der Waals surface area contributed by atoms with E-state index < -0.39 is 0 Å². The third-order valence-electron chi connectivity index (χ3n) is 7.41. The van der Waals surface area contributed by atoms with E-state index in [1.54, 1.807) is 0 Å². The Labute approximate surface area is 222 Å². The monoisotopic (exact) mass is 487 g/mol. The molecule has 0 atom stereocenters. The van der Waals surface area contributed by atoms with Gasteiger partial charge in [0.25, 0.3) is 0 Å². The van der Waals surface area contributed by atoms with Gasteiger partial charge in [-0.1, -0.05) is 79.4 Å². The van der Waals surface area contributed by atoms with Crippen molar-refractivity contribution in [2.24, 2.45) is 0 Å². The Morgan fingerprint density at radius 1 is 0.711 bits per heavy atom. The van der Waals surface area contributed by atoms with Crippen molar-refractivity contribution >= 4 is 44.5 Å². The predicted molar refractivity (Wildman–Crippen MR) is 159 cm³/mol. The summed E-state index contributed by atoms with van der Waals surface area (Å²) in [5.74, 6) is 0. The normalized spacial score (nSPS) is 13.0. The predicted octanol–water partition coefficient (Wildman–Crippen LogP) is 9.02. The molecular weight excluding hydrogens is 462 g/mol. The minimum absolute atomic E-state index is 0.883. The molecule has 0 bridgehead atoms. The molecule has 38 heavy (non-hydrogen) atoms. The van der Waals surface area contributed by atoms with Crippen LogP contribution in [0.3, 0.4) is 0 Å². The highest BCUT2D eigenvalue weighted by Crippen LogP contribution is 2.49. The number of hydrogen-bond acceptors (Lipinski definition) is 3. The molecule has 0 unspecified atom stereocenters. The Kier molecular flexibility index (Phi) is 5.15. The summed E-state index contributed by atoms with van der Waals surface area (Å²) in [5, 5.41) is 2.08. The Morgan fingerprint density at radius 2 is 1.42 bits per heavy atom. The minimum Gasteiger partial charge on any atom is -0.310 e. The number of hydrogen-bond donors (Lipinski definition) is 0. The Balaban J connectivity index is 1.51. The first-order valence-electron chi connectivity index (χ1n) is 12.8. The van der Waals surface area contributed by atoms with E-state index in [1.807, 2.05) is 30.6 Å². The van der Waals surface area contributed by atoms with Gasteiger partial charge in [-0.3, -0.25) is 9.97 Å². The molecular formula is C35H25N3. The zero-order valence-corrected chi connectivity index (χ0v) is 21.1. The van der Waals surface area contributed by atoms with Crippen molar-refractivity contribution in [2.45, 2.75) is 6.92 Å². The number of allylic oxidation sites excluding steroid dienone is 1. The topological polar surface area (TPSA) is 29.0 Å². The minimum atomic E-state index is 0.883. The molecule has 2 aromatic heterocycles. The first-order chi connectivity index (χ1) is 18.8. The summed E-state index contributed by atoms with van der Waals surface area (Å²) in [6.07, 6.45) is 5.88. The Bertz CT molecular complexity index is 1900. The summed E-state index contributed by atoms with van der Waals surface area (Å²) in [6, 6.07) is 36.0. The first-order valence-corrected chi connectivity index (χ1v) is 12.8. The lowest BCUT2D eigenvalue weighted by Crippen LogP contribution is -2.16. The number of benzene rings is 4. The lowest BCUT2D eigenvalue weighted by atomic mass is 9.95. The number of nitrogens with zero attached hydrogens (tertiary/aromatic N) is 3. The standard InChI is InChI=1S/C35H25N3/c1-3-26-28-15-7-8-16-29(28)30-18-9-17-27(33(26)30)23(2)38(25-13-5-4-6-14-25)32-22-24-12-10-20-36-34(24)35-31(32)19-11-21-37-35/h3-22H,2H2,1H3/b26-3-. The molecule has 0 N–H and O–H groups in total. The maximum absolute atomic E-state index is 4.76. The molecule has 3 heteroatoms. The molecule has 180 valence electrons. The van der Waals surface area contributed by atoms with Crippen molar-refractivity contribution in [3.8, 4) is 11.1 Å². The van der Waals surface area contributed by atoms with E-state index in [2.05, 4.69) is 108 Å². The summed E-state index contributed by atoms with van der Waals surface area (Å²) < 4.78 is 0. The van der Waals surface area contributed by atoms with Gasteiger partial charge >= 0.3 is 0 Å². The van der Waals surface area contributed by atoms with Gasteiger partial charge in [-0.25, -0.2) is 0 Å². The highest BCUT2D eigenvalue weighted by atomic mass is 15.2. The van der Waals surface area contributed by atoms with Crippen molar-refractivity contribution in [2.75, 3.05) is 4.90 Å². The number of aromatic nitrogens is 2. The van der Waals surface area contributed by atoms with Gasteiger partial charge in [0.05, 0.1) is 16.7 Å². The van der Waals surface area contributed by atoms with E-state index in [0.29, 0.717) is 0 Å². The van der Waals surface area contributed by atoms with Crippen molar-refractivity contribution < 1.29 is 0 Å². The Morgan fingerprint density at radius 3 is 2.24 bits per heavy atom. The summed E-state index contributed by atoms with van der Waals surface area (Å²) in [4.78, 5) is 11.7. The van der Waals surface area contributed by atoms with Gasteiger partial charge in [0.15, 0.2) is 0 Å². The van der Waals surface area contributed by atoms with Crippen LogP contribution in [0.15, 0.2) is 128 Å². The molecule has 0 saturated heterocycles. The molecule has 1 aliphatic rings. The number of fused-ring (bicyclic) bond motifs is 6. The fourth-order valence-corrected chi connectivity index (χ4v) is 5.78. The summed E-state index contributed by atoms with van der Waals surface area (Å²) in [5.41, 5.74) is 12.1. The summed E-state index contributed by atoms with van der Waals surface area (Å²) in [7, 11) is 0. The number of pyridine rings is 2. The van der Waals surface area contributed by atoms with E-state index in [4.69, 9.17) is 11.6 Å². The van der Waals surface area contributed by atoms with Gasteiger partial charge in [-0.15, -0.1) is 0 Å². The second-order valence-corrected chi connectivity index (χ2v) is 9.46. The third kappa shape index (κ3) is 3.29. The zero-order chi connectivity index (χ0) is 25.6. The zero-order valence-electron chi connectivity index (χ0n) is 21.1. The van der Waals surface area contributed by atoms with Crippen molar-refractivity contribution in [3.63, 3.8) is 0 Å². The van der Waals surface area contributed by atoms with E-state index in [0.717, 1.165) is 44.4 Å². The molecule has 6 aromatic rings. The molecule has 0 aliphatic heterocycles. The van der Waals surface area contributed by atoms with E-state index in [9.17, 15) is 0 Å². The van der Waals surface area contributed by atoms with Crippen LogP contribution < -0.4 is 4.90 Å². The maximum Gasteiger partial charge on any atom is 0.0985 e. The van der Waals surface area contributed by atoms with E-state index in [-0.39, 0.29) is 0 Å². The molecule has 3 nitrogen and oxygen atoms in total. The van der Waals surface area contributed by atoms with Crippen LogP contribution in [0, 0.1) is 0 Å². The average molecular weight is 488 g/mol. The molecule has 1 aliphatic carbocycles. The smallest absolute Gasteiger partial charge is 0.0985 e. The van der Waals surface area contributed by atoms with Gasteiger partial charge in [0.2, 0.25) is 0 Å². The molecule has 2 heterocycles. The van der Waals surface area contributed by atoms with Crippen LogP contribution in [-0.4, -0.2) is 9.97 Å². The average Bonchev–Trinajstić information content (AvgIpc) is 3.31. The molecule has 0 amide bonds. The second-order valence-electron chi connectivity index (χ2n) is 9.46. The van der Waals surface area contributed by atoms with Crippen molar-refractivity contribution in [1.82, 2.24) is 9.97 Å². The molecule has 0 fully saturated rings. The van der Waals surface area contributed by atoms with Crippen LogP contribution >= 0.6 is 0 Å². The van der Waals surface area contributed by atoms with Gasteiger partial charge in [0, 0.05) is 40.1 Å². The first kappa shape index (κ1) is 22.2. The number of rotatable bonds is 4. The van der Waals surface area contributed by atoms with E-state index >= 15 is 0 Å². The van der Waals surface area contributed by atoms with Crippen LogP contribution in [0.1, 0.15) is 23.6 Å². The largest absolute Gasteiger partial charge is 0.310 e. The quantitative estimate of drug-likeness (QED) is 0.232. The van der Waals surface area contributed by atoms with Gasteiger partial charge < -0.3 is 4.90 Å². The van der Waals surface area contributed by atoms with Gasteiger partial charge in [-0.05, 0) is 71.1 Å². The highest BCUT2D eigenvalue weighted by molar-refractivity contribution is 6.13. The molecule has 4 aromatic carbocycles. The highest BCUT2D eigenvalue weighted by Gasteiger charge is 2.28. The van der Waals surface area contributed by atoms with E-state index in [1.165, 1.54) is 27.8 Å². The maximum atomic E-state index is 4.76. The van der Waals surface area contributed by atoms with Crippen LogP contribution in [-0.2, 0) is 0 Å². The van der Waals surface area contributed by atoms with Crippen LogP contribution in [0.2, 0.25) is 0 Å². The van der Waals surface area contributed by atoms with Crippen molar-refractivity contribution in [1.29, 1.82) is 0 Å². The number of para-hydroxylation sites is 1. The van der Waals surface area contributed by atoms with Crippen LogP contribution in [0.25, 0.3) is 44.2 Å². The number of anilines is 2. The van der Waals surface area contributed by atoms with Crippen molar-refractivity contribution in [3.05, 3.63) is 145 Å². The van der Waals surface area contributed by atoms with Crippen LogP contribution in [0.5, 0.6) is 0 Å². The summed E-state index contributed by atoms with van der Waals surface area (Å²) in [6.45, 7) is 6.85. The second kappa shape index (κ2) is 8.82. The third-order valence-corrected chi connectivity index (χ3v) is 7.41. The van der Waals surface area contributed by atoms with Gasteiger partial charge in [0.1, 0.15) is 0 Å². The van der Waals surface area contributed by atoms with Crippen LogP contribution in [0.4, 0.5) is 11.4 Å². The SMILES string of the molecule is C=C(c1cccc2c1/C(=C\C)c1ccccc1-2)N(c1ccccc1)c1cc2cccnc2c2ncccc12. The molecule has 0 saturated carbocycles. The summed E-state index contributed by atoms with van der Waals surface area (Å²) >= 11 is 0. The Hall–Kier alpha value is -5.02. The fraction of sp³-hybridized carbons (Fsp3) is 0.0286. The fourth-order valence-electron chi connectivity index (χ4n) is 5.78. The molecule has 0 spiro atoms.